The van der Waals surface area contributed by atoms with E-state index in [0.717, 1.165) is 5.56 Å². The molecule has 0 amide bonds. The van der Waals surface area contributed by atoms with E-state index in [-0.39, 0.29) is 5.56 Å². The highest BCUT2D eigenvalue weighted by Crippen LogP contribution is 2.28. The maximum absolute atomic E-state index is 12.3. The minimum atomic E-state index is -0.146. The Hall–Kier alpha value is -2.57. The number of pyridine rings is 1. The molecule has 0 aliphatic rings. The molecule has 6 nitrogen and oxygen atoms in total. The van der Waals surface area contributed by atoms with Crippen LogP contribution in [0.2, 0.25) is 5.02 Å². The summed E-state index contributed by atoms with van der Waals surface area (Å²) in [5, 5.41) is 0.500. The lowest BCUT2D eigenvalue weighted by Gasteiger charge is -2.17. The zero-order chi connectivity index (χ0) is 18.7. The molecule has 3 aromatic rings. The number of methoxy groups -OCH3 is 2. The maximum atomic E-state index is 12.3. The molecule has 0 saturated heterocycles. The van der Waals surface area contributed by atoms with Crippen LogP contribution < -0.4 is 15.0 Å². The molecule has 26 heavy (non-hydrogen) atoms. The van der Waals surface area contributed by atoms with E-state index in [4.69, 9.17) is 21.1 Å². The summed E-state index contributed by atoms with van der Waals surface area (Å²) in [7, 11) is 5.20. The van der Waals surface area contributed by atoms with Crippen molar-refractivity contribution in [3.05, 3.63) is 69.2 Å². The SMILES string of the molecule is COc1ccc(CN(C)Cc2cc(=O)n3cc(Cl)ccc3n2)cc1OC. The van der Waals surface area contributed by atoms with Gasteiger partial charge in [0.15, 0.2) is 11.5 Å². The lowest BCUT2D eigenvalue weighted by molar-refractivity contribution is 0.312. The van der Waals surface area contributed by atoms with Crippen LogP contribution in [0.4, 0.5) is 0 Å². The third-order valence-electron chi connectivity index (χ3n) is 4.01. The molecule has 0 radical (unpaired) electrons. The van der Waals surface area contributed by atoms with Crippen molar-refractivity contribution < 1.29 is 9.47 Å². The van der Waals surface area contributed by atoms with E-state index in [1.54, 1.807) is 32.5 Å². The summed E-state index contributed by atoms with van der Waals surface area (Å²) < 4.78 is 12.0. The van der Waals surface area contributed by atoms with E-state index in [0.29, 0.717) is 41.0 Å². The van der Waals surface area contributed by atoms with E-state index < -0.39 is 0 Å². The number of ether oxygens (including phenoxy) is 2. The molecule has 0 fully saturated rings. The smallest absolute Gasteiger partial charge is 0.258 e. The largest absolute Gasteiger partial charge is 0.493 e. The Kier molecular flexibility index (Phi) is 5.44. The summed E-state index contributed by atoms with van der Waals surface area (Å²) in [6.45, 7) is 1.23. The van der Waals surface area contributed by atoms with Gasteiger partial charge in [-0.15, -0.1) is 0 Å². The van der Waals surface area contributed by atoms with Crippen molar-refractivity contribution in [2.75, 3.05) is 21.3 Å². The van der Waals surface area contributed by atoms with Crippen LogP contribution in [-0.4, -0.2) is 35.6 Å². The van der Waals surface area contributed by atoms with Gasteiger partial charge in [0.05, 0.1) is 24.9 Å². The van der Waals surface area contributed by atoms with Crippen molar-refractivity contribution in [1.82, 2.24) is 14.3 Å². The second-order valence-electron chi connectivity index (χ2n) is 6.02. The van der Waals surface area contributed by atoms with Crippen molar-refractivity contribution in [2.45, 2.75) is 13.1 Å². The van der Waals surface area contributed by atoms with Crippen molar-refractivity contribution >= 4 is 17.2 Å². The number of hydrogen-bond acceptors (Lipinski definition) is 5. The first-order valence-electron chi connectivity index (χ1n) is 8.07. The number of hydrogen-bond donors (Lipinski definition) is 0. The average molecular weight is 374 g/mol. The standard InChI is InChI=1S/C19H20ClN3O3/c1-22(10-13-4-6-16(25-2)17(8-13)26-3)12-15-9-19(24)23-11-14(20)5-7-18(23)21-15/h4-9,11H,10,12H2,1-3H3. The molecule has 1 aromatic carbocycles. The third kappa shape index (κ3) is 3.98. The normalized spacial score (nSPS) is 11.1. The van der Waals surface area contributed by atoms with Crippen LogP contribution in [0.15, 0.2) is 47.4 Å². The summed E-state index contributed by atoms with van der Waals surface area (Å²) >= 11 is 5.94. The first-order chi connectivity index (χ1) is 12.5. The molecule has 0 unspecified atom stereocenters. The number of fused-ring (bicyclic) bond motifs is 1. The van der Waals surface area contributed by atoms with E-state index in [1.807, 2.05) is 25.2 Å². The second-order valence-corrected chi connectivity index (χ2v) is 6.46. The molecule has 0 spiro atoms. The van der Waals surface area contributed by atoms with Gasteiger partial charge in [-0.05, 0) is 36.9 Å². The molecular formula is C19H20ClN3O3. The monoisotopic (exact) mass is 373 g/mol. The quantitative estimate of drug-likeness (QED) is 0.664. The van der Waals surface area contributed by atoms with Crippen LogP contribution in [0.3, 0.4) is 0 Å². The molecule has 2 heterocycles. The van der Waals surface area contributed by atoms with Gasteiger partial charge in [-0.1, -0.05) is 17.7 Å². The van der Waals surface area contributed by atoms with Crippen molar-refractivity contribution in [1.29, 1.82) is 0 Å². The topological polar surface area (TPSA) is 56.1 Å². The number of benzene rings is 1. The Morgan fingerprint density at radius 3 is 2.58 bits per heavy atom. The van der Waals surface area contributed by atoms with Crippen LogP contribution in [0, 0.1) is 0 Å². The van der Waals surface area contributed by atoms with E-state index in [9.17, 15) is 4.79 Å². The highest BCUT2D eigenvalue weighted by molar-refractivity contribution is 6.30. The van der Waals surface area contributed by atoms with E-state index in [1.165, 1.54) is 10.5 Å². The molecule has 7 heteroatoms. The van der Waals surface area contributed by atoms with Gasteiger partial charge in [0.2, 0.25) is 0 Å². The Balaban J connectivity index is 1.78. The minimum Gasteiger partial charge on any atom is -0.493 e. The van der Waals surface area contributed by atoms with Crippen LogP contribution >= 0.6 is 11.6 Å². The van der Waals surface area contributed by atoms with E-state index >= 15 is 0 Å². The molecule has 0 bridgehead atoms. The first-order valence-corrected chi connectivity index (χ1v) is 8.45. The third-order valence-corrected chi connectivity index (χ3v) is 4.23. The predicted octanol–water partition coefficient (Wildman–Crippen LogP) is 3.00. The van der Waals surface area contributed by atoms with Gasteiger partial charge in [0, 0.05) is 25.4 Å². The van der Waals surface area contributed by atoms with Crippen LogP contribution in [0.5, 0.6) is 11.5 Å². The first kappa shape index (κ1) is 18.2. The number of nitrogens with zero attached hydrogens (tertiary/aromatic N) is 3. The summed E-state index contributed by atoms with van der Waals surface area (Å²) in [5.41, 5.74) is 2.22. The van der Waals surface area contributed by atoms with Crippen LogP contribution in [0.1, 0.15) is 11.3 Å². The molecule has 0 saturated carbocycles. The lowest BCUT2D eigenvalue weighted by Crippen LogP contribution is -2.21. The maximum Gasteiger partial charge on any atom is 0.258 e. The predicted molar refractivity (Wildman–Crippen MR) is 101 cm³/mol. The Labute approximate surface area is 156 Å². The van der Waals surface area contributed by atoms with Gasteiger partial charge in [0.1, 0.15) is 5.65 Å². The number of rotatable bonds is 6. The molecule has 3 rings (SSSR count). The Bertz CT molecular complexity index is 987. The molecule has 0 atom stereocenters. The fraction of sp³-hybridized carbons (Fsp3) is 0.263. The van der Waals surface area contributed by atoms with Gasteiger partial charge in [-0.25, -0.2) is 4.98 Å². The summed E-state index contributed by atoms with van der Waals surface area (Å²) in [6.07, 6.45) is 1.57. The molecular weight excluding hydrogens is 354 g/mol. The number of aromatic nitrogens is 2. The fourth-order valence-electron chi connectivity index (χ4n) is 2.83. The average Bonchev–Trinajstić information content (AvgIpc) is 2.62. The van der Waals surface area contributed by atoms with Gasteiger partial charge >= 0.3 is 0 Å². The van der Waals surface area contributed by atoms with Crippen LogP contribution in [-0.2, 0) is 13.1 Å². The molecule has 0 N–H and O–H groups in total. The Morgan fingerprint density at radius 2 is 1.85 bits per heavy atom. The van der Waals surface area contributed by atoms with E-state index in [2.05, 4.69) is 9.88 Å². The zero-order valence-corrected chi connectivity index (χ0v) is 15.7. The number of halogens is 1. The molecule has 0 aliphatic carbocycles. The second kappa shape index (κ2) is 7.76. The van der Waals surface area contributed by atoms with Crippen molar-refractivity contribution in [3.8, 4) is 11.5 Å². The van der Waals surface area contributed by atoms with Crippen LogP contribution in [0.25, 0.3) is 5.65 Å². The van der Waals surface area contributed by atoms with Gasteiger partial charge in [-0.3, -0.25) is 14.1 Å². The minimum absolute atomic E-state index is 0.146. The molecule has 0 aliphatic heterocycles. The molecule has 136 valence electrons. The lowest BCUT2D eigenvalue weighted by atomic mass is 10.2. The summed E-state index contributed by atoms with van der Waals surface area (Å²) in [6, 6.07) is 10.8. The fourth-order valence-corrected chi connectivity index (χ4v) is 2.99. The van der Waals surface area contributed by atoms with Crippen molar-refractivity contribution in [3.63, 3.8) is 0 Å². The highest BCUT2D eigenvalue weighted by atomic mass is 35.5. The highest BCUT2D eigenvalue weighted by Gasteiger charge is 2.09. The summed E-state index contributed by atoms with van der Waals surface area (Å²) in [5.74, 6) is 1.39. The molecule has 2 aromatic heterocycles. The van der Waals surface area contributed by atoms with Gasteiger partial charge in [-0.2, -0.15) is 0 Å². The zero-order valence-electron chi connectivity index (χ0n) is 14.9. The van der Waals surface area contributed by atoms with Crippen molar-refractivity contribution in [2.24, 2.45) is 0 Å². The van der Waals surface area contributed by atoms with Gasteiger partial charge in [0.25, 0.3) is 5.56 Å². The van der Waals surface area contributed by atoms with Gasteiger partial charge < -0.3 is 9.47 Å². The Morgan fingerprint density at radius 1 is 1.08 bits per heavy atom. The summed E-state index contributed by atoms with van der Waals surface area (Å²) in [4.78, 5) is 18.9.